The predicted octanol–water partition coefficient (Wildman–Crippen LogP) is 2.83. The number of halogens is 1. The van der Waals surface area contributed by atoms with Crippen molar-refractivity contribution in [2.75, 3.05) is 11.9 Å². The van der Waals surface area contributed by atoms with Gasteiger partial charge in [-0.15, -0.1) is 0 Å². The molecular formula is C18H16FNO4. The molecule has 2 aromatic carbocycles. The molecule has 1 aliphatic heterocycles. The predicted molar refractivity (Wildman–Crippen MR) is 85.1 cm³/mol. The largest absolute Gasteiger partial charge is 0.482 e. The van der Waals surface area contributed by atoms with E-state index in [-0.39, 0.29) is 19.1 Å². The second kappa shape index (κ2) is 7.12. The highest BCUT2D eigenvalue weighted by molar-refractivity contribution is 5.94. The number of carbonyl (C=O) groups is 2. The highest BCUT2D eigenvalue weighted by Gasteiger charge is 2.15. The maximum atomic E-state index is 13.4. The summed E-state index contributed by atoms with van der Waals surface area (Å²) in [7, 11) is 0. The van der Waals surface area contributed by atoms with Gasteiger partial charge in [-0.25, -0.2) is 9.18 Å². The van der Waals surface area contributed by atoms with Gasteiger partial charge >= 0.3 is 5.97 Å². The Bertz CT molecular complexity index is 775. The lowest BCUT2D eigenvalue weighted by atomic mass is 10.0. The van der Waals surface area contributed by atoms with Crippen LogP contribution < -0.4 is 10.1 Å². The lowest BCUT2D eigenvalue weighted by molar-refractivity contribution is -0.147. The van der Waals surface area contributed by atoms with E-state index in [4.69, 9.17) is 9.47 Å². The minimum Gasteiger partial charge on any atom is -0.482 e. The van der Waals surface area contributed by atoms with Gasteiger partial charge in [-0.2, -0.15) is 0 Å². The molecule has 124 valence electrons. The topological polar surface area (TPSA) is 64.6 Å². The molecule has 0 spiro atoms. The first-order valence-electron chi connectivity index (χ1n) is 7.56. The van der Waals surface area contributed by atoms with Gasteiger partial charge in [0.25, 0.3) is 0 Å². The molecule has 6 heteroatoms. The first kappa shape index (κ1) is 16.0. The third kappa shape index (κ3) is 3.90. The van der Waals surface area contributed by atoms with Gasteiger partial charge in [0.15, 0.2) is 6.61 Å². The van der Waals surface area contributed by atoms with Crippen LogP contribution in [0.15, 0.2) is 42.5 Å². The fraction of sp³-hybridized carbons (Fsp3) is 0.222. The number of esters is 1. The van der Waals surface area contributed by atoms with Crippen molar-refractivity contribution in [3.63, 3.8) is 0 Å². The number of anilines is 1. The monoisotopic (exact) mass is 329 g/mol. The third-order valence-corrected chi connectivity index (χ3v) is 3.68. The molecule has 1 heterocycles. The van der Waals surface area contributed by atoms with Gasteiger partial charge in [-0.3, -0.25) is 4.79 Å². The molecule has 0 atom stereocenters. The Labute approximate surface area is 138 Å². The van der Waals surface area contributed by atoms with Crippen LogP contribution >= 0.6 is 0 Å². The summed E-state index contributed by atoms with van der Waals surface area (Å²) in [5.74, 6) is -0.479. The Balaban J connectivity index is 1.51. The summed E-state index contributed by atoms with van der Waals surface area (Å²) in [6, 6.07) is 11.3. The van der Waals surface area contributed by atoms with E-state index in [1.807, 2.05) is 0 Å². The first-order valence-corrected chi connectivity index (χ1v) is 7.56. The normalized spacial score (nSPS) is 13.0. The molecule has 0 bridgehead atoms. The van der Waals surface area contributed by atoms with Crippen LogP contribution in [0.4, 0.5) is 10.1 Å². The number of hydrogen-bond donors (Lipinski definition) is 1. The quantitative estimate of drug-likeness (QED) is 0.857. The van der Waals surface area contributed by atoms with E-state index < -0.39 is 11.8 Å². The maximum Gasteiger partial charge on any atom is 0.344 e. The van der Waals surface area contributed by atoms with Crippen LogP contribution in [0.1, 0.15) is 17.5 Å². The van der Waals surface area contributed by atoms with Crippen molar-refractivity contribution >= 4 is 17.6 Å². The minimum atomic E-state index is -0.579. The molecule has 5 nitrogen and oxygen atoms in total. The zero-order valence-electron chi connectivity index (χ0n) is 12.9. The Morgan fingerprint density at radius 3 is 2.83 bits per heavy atom. The summed E-state index contributed by atoms with van der Waals surface area (Å²) >= 11 is 0. The average Bonchev–Trinajstić information content (AvgIpc) is 2.59. The van der Waals surface area contributed by atoms with Crippen molar-refractivity contribution < 1.29 is 23.5 Å². The van der Waals surface area contributed by atoms with Crippen LogP contribution in [0.2, 0.25) is 0 Å². The standard InChI is InChI=1S/C18H16FNO4/c19-15-4-2-1-3-13(15)10-24-18(22)11-23-14-6-7-16-12(9-14)5-8-17(21)20-16/h1-4,6-7,9H,5,8,10-11H2,(H,20,21). The summed E-state index contributed by atoms with van der Waals surface area (Å²) in [5.41, 5.74) is 2.04. The second-order valence-corrected chi connectivity index (χ2v) is 5.41. The lowest BCUT2D eigenvalue weighted by Gasteiger charge is -2.17. The maximum absolute atomic E-state index is 13.4. The van der Waals surface area contributed by atoms with Crippen molar-refractivity contribution in [1.29, 1.82) is 0 Å². The van der Waals surface area contributed by atoms with Gasteiger partial charge in [-0.05, 0) is 36.2 Å². The van der Waals surface area contributed by atoms with Crippen molar-refractivity contribution in [1.82, 2.24) is 0 Å². The van der Waals surface area contributed by atoms with Crippen molar-refractivity contribution in [2.24, 2.45) is 0 Å². The van der Waals surface area contributed by atoms with E-state index in [0.29, 0.717) is 24.2 Å². The summed E-state index contributed by atoms with van der Waals surface area (Å²) in [5, 5.41) is 2.77. The number of benzene rings is 2. The number of amides is 1. The van der Waals surface area contributed by atoms with Gasteiger partial charge in [0.1, 0.15) is 18.2 Å². The number of fused-ring (bicyclic) bond motifs is 1. The summed E-state index contributed by atoms with van der Waals surface area (Å²) in [6.45, 7) is -0.398. The van der Waals surface area contributed by atoms with Crippen LogP contribution in [0.25, 0.3) is 0 Å². The number of carbonyl (C=O) groups excluding carboxylic acids is 2. The van der Waals surface area contributed by atoms with E-state index >= 15 is 0 Å². The molecule has 1 N–H and O–H groups in total. The van der Waals surface area contributed by atoms with E-state index in [2.05, 4.69) is 5.32 Å². The van der Waals surface area contributed by atoms with Gasteiger partial charge in [-0.1, -0.05) is 18.2 Å². The van der Waals surface area contributed by atoms with Gasteiger partial charge in [0.05, 0.1) is 0 Å². The highest BCUT2D eigenvalue weighted by atomic mass is 19.1. The fourth-order valence-corrected chi connectivity index (χ4v) is 2.41. The summed E-state index contributed by atoms with van der Waals surface area (Å²) < 4.78 is 23.8. The number of rotatable bonds is 5. The Hall–Kier alpha value is -2.89. The highest BCUT2D eigenvalue weighted by Crippen LogP contribution is 2.26. The van der Waals surface area contributed by atoms with Gasteiger partial charge in [0.2, 0.25) is 5.91 Å². The molecule has 1 aliphatic rings. The van der Waals surface area contributed by atoms with Crippen LogP contribution in [0, 0.1) is 5.82 Å². The Morgan fingerprint density at radius 1 is 1.17 bits per heavy atom. The number of ether oxygens (including phenoxy) is 2. The molecule has 2 aromatic rings. The minimum absolute atomic E-state index is 0.00658. The smallest absolute Gasteiger partial charge is 0.344 e. The second-order valence-electron chi connectivity index (χ2n) is 5.41. The molecule has 0 fully saturated rings. The summed E-state index contributed by atoms with van der Waals surface area (Å²) in [6.07, 6.45) is 1.07. The third-order valence-electron chi connectivity index (χ3n) is 3.68. The molecule has 0 saturated carbocycles. The molecule has 0 unspecified atom stereocenters. The van der Waals surface area contributed by atoms with E-state index in [9.17, 15) is 14.0 Å². The van der Waals surface area contributed by atoms with Crippen LogP contribution in [-0.4, -0.2) is 18.5 Å². The zero-order chi connectivity index (χ0) is 16.9. The van der Waals surface area contributed by atoms with Gasteiger partial charge in [0, 0.05) is 17.7 Å². The zero-order valence-corrected chi connectivity index (χ0v) is 12.9. The number of aryl methyl sites for hydroxylation is 1. The van der Waals surface area contributed by atoms with Crippen LogP contribution in [0.3, 0.4) is 0 Å². The van der Waals surface area contributed by atoms with E-state index in [0.717, 1.165) is 11.3 Å². The molecule has 24 heavy (non-hydrogen) atoms. The molecule has 0 saturated heterocycles. The summed E-state index contributed by atoms with van der Waals surface area (Å²) in [4.78, 5) is 23.0. The molecule has 0 aliphatic carbocycles. The Kier molecular flexibility index (Phi) is 4.74. The van der Waals surface area contributed by atoms with Crippen LogP contribution in [0.5, 0.6) is 5.75 Å². The molecule has 0 radical (unpaired) electrons. The average molecular weight is 329 g/mol. The molecule has 0 aromatic heterocycles. The SMILES string of the molecule is O=C1CCc2cc(OCC(=O)OCc3ccccc3F)ccc2N1. The first-order chi connectivity index (χ1) is 11.6. The Morgan fingerprint density at radius 2 is 2.00 bits per heavy atom. The van der Waals surface area contributed by atoms with Gasteiger partial charge < -0.3 is 14.8 Å². The fourth-order valence-electron chi connectivity index (χ4n) is 2.41. The molecular weight excluding hydrogens is 313 g/mol. The molecule has 3 rings (SSSR count). The van der Waals surface area contributed by atoms with Crippen molar-refractivity contribution in [3.05, 3.63) is 59.4 Å². The number of hydrogen-bond acceptors (Lipinski definition) is 4. The number of nitrogens with one attached hydrogen (secondary N) is 1. The van der Waals surface area contributed by atoms with Crippen molar-refractivity contribution in [3.8, 4) is 5.75 Å². The molecule has 1 amide bonds. The van der Waals surface area contributed by atoms with Crippen molar-refractivity contribution in [2.45, 2.75) is 19.4 Å². The van der Waals surface area contributed by atoms with E-state index in [1.54, 1.807) is 36.4 Å². The van der Waals surface area contributed by atoms with Crippen LogP contribution in [-0.2, 0) is 27.4 Å². The van der Waals surface area contributed by atoms with E-state index in [1.165, 1.54) is 6.07 Å². The lowest BCUT2D eigenvalue weighted by Crippen LogP contribution is -2.19.